The van der Waals surface area contributed by atoms with Crippen molar-refractivity contribution >= 4 is 17.5 Å². The van der Waals surface area contributed by atoms with E-state index < -0.39 is 0 Å². The largest absolute Gasteiger partial charge is 0.475 e. The second-order valence-electron chi connectivity index (χ2n) is 5.29. The fourth-order valence-corrected chi connectivity index (χ4v) is 1.97. The molecule has 0 fully saturated rings. The van der Waals surface area contributed by atoms with Gasteiger partial charge in [-0.15, -0.1) is 11.6 Å². The Balaban J connectivity index is 2.85. The van der Waals surface area contributed by atoms with Gasteiger partial charge >= 0.3 is 0 Å². The van der Waals surface area contributed by atoms with Gasteiger partial charge in [-0.2, -0.15) is 4.98 Å². The zero-order valence-electron chi connectivity index (χ0n) is 11.7. The molecule has 1 rings (SSSR count). The molecular weight excluding hydrogens is 250 g/mol. The van der Waals surface area contributed by atoms with Gasteiger partial charge < -0.3 is 10.1 Å². The van der Waals surface area contributed by atoms with Gasteiger partial charge in [0.2, 0.25) is 11.8 Å². The molecule has 5 heteroatoms. The van der Waals surface area contributed by atoms with Gasteiger partial charge in [0.1, 0.15) is 0 Å². The number of hydrogen-bond donors (Lipinski definition) is 1. The topological polar surface area (TPSA) is 47.0 Å². The summed E-state index contributed by atoms with van der Waals surface area (Å²) in [4.78, 5) is 8.72. The summed E-state index contributed by atoms with van der Waals surface area (Å²) >= 11 is 5.78. The minimum absolute atomic E-state index is 0.100. The van der Waals surface area contributed by atoms with E-state index in [0.29, 0.717) is 17.7 Å². The number of rotatable bonds is 6. The van der Waals surface area contributed by atoms with Crippen LogP contribution in [0, 0.1) is 6.92 Å². The molecule has 18 heavy (non-hydrogen) atoms. The van der Waals surface area contributed by atoms with Crippen LogP contribution in [0.15, 0.2) is 6.07 Å². The molecule has 0 aliphatic heterocycles. The second kappa shape index (κ2) is 6.23. The van der Waals surface area contributed by atoms with Gasteiger partial charge in [-0.3, -0.25) is 0 Å². The molecule has 0 radical (unpaired) electrons. The third-order valence-corrected chi connectivity index (χ3v) is 2.55. The van der Waals surface area contributed by atoms with Crippen LogP contribution >= 0.6 is 11.6 Å². The zero-order valence-corrected chi connectivity index (χ0v) is 12.5. The zero-order chi connectivity index (χ0) is 13.8. The van der Waals surface area contributed by atoms with Crippen molar-refractivity contribution in [1.29, 1.82) is 0 Å². The fraction of sp³-hybridized carbons (Fsp3) is 0.692. The number of aromatic nitrogens is 2. The number of anilines is 1. The van der Waals surface area contributed by atoms with Crippen LogP contribution in [0.5, 0.6) is 5.88 Å². The molecule has 0 saturated heterocycles. The number of ether oxygens (including phenoxy) is 1. The third kappa shape index (κ3) is 5.08. The lowest BCUT2D eigenvalue weighted by Crippen LogP contribution is -2.32. The van der Waals surface area contributed by atoms with E-state index in [9.17, 15) is 0 Å². The van der Waals surface area contributed by atoms with Gasteiger partial charge in [0, 0.05) is 23.2 Å². The van der Waals surface area contributed by atoms with Crippen LogP contribution in [0.25, 0.3) is 0 Å². The number of alkyl halides is 1. The van der Waals surface area contributed by atoms with Crippen LogP contribution in [-0.2, 0) is 0 Å². The summed E-state index contributed by atoms with van der Waals surface area (Å²) in [5.41, 5.74) is 0.745. The summed E-state index contributed by atoms with van der Waals surface area (Å²) in [7, 11) is 0. The van der Waals surface area contributed by atoms with E-state index >= 15 is 0 Å². The Bertz CT molecular complexity index is 394. The quantitative estimate of drug-likeness (QED) is 0.806. The molecule has 0 aliphatic rings. The first-order valence-electron chi connectivity index (χ1n) is 6.19. The average Bonchev–Trinajstić information content (AvgIpc) is 2.13. The Labute approximate surface area is 114 Å². The molecule has 0 saturated carbocycles. The van der Waals surface area contributed by atoms with Crippen molar-refractivity contribution in [3.63, 3.8) is 0 Å². The average molecular weight is 272 g/mol. The number of hydrogen-bond acceptors (Lipinski definition) is 4. The van der Waals surface area contributed by atoms with E-state index in [1.165, 1.54) is 0 Å². The van der Waals surface area contributed by atoms with Crippen molar-refractivity contribution in [2.75, 3.05) is 11.2 Å². The van der Waals surface area contributed by atoms with Crippen LogP contribution in [0.1, 0.15) is 39.8 Å². The lowest BCUT2D eigenvalue weighted by Gasteiger charge is -2.25. The molecule has 0 aliphatic carbocycles. The van der Waals surface area contributed by atoms with E-state index in [2.05, 4.69) is 29.1 Å². The lowest BCUT2D eigenvalue weighted by molar-refractivity contribution is 0.232. The smallest absolute Gasteiger partial charge is 0.226 e. The van der Waals surface area contributed by atoms with Crippen molar-refractivity contribution < 1.29 is 4.74 Å². The maximum absolute atomic E-state index is 5.78. The van der Waals surface area contributed by atoms with Crippen molar-refractivity contribution in [3.8, 4) is 5.88 Å². The Kier molecular flexibility index (Phi) is 5.20. The van der Waals surface area contributed by atoms with E-state index in [0.717, 1.165) is 12.1 Å². The predicted molar refractivity (Wildman–Crippen MR) is 75.6 cm³/mol. The van der Waals surface area contributed by atoms with Gasteiger partial charge in [0.25, 0.3) is 0 Å². The molecule has 0 spiro atoms. The standard InChI is InChI=1S/C13H22ClN3O/c1-9(2)18-11-8-10(3)15-12(16-11)17-13(4,5)6-7-14/h8-9H,6-7H2,1-5H3,(H,15,16,17). The summed E-state index contributed by atoms with van der Waals surface area (Å²) in [6, 6.07) is 1.83. The Hall–Kier alpha value is -1.03. The van der Waals surface area contributed by atoms with Crippen molar-refractivity contribution in [3.05, 3.63) is 11.8 Å². The van der Waals surface area contributed by atoms with Crippen LogP contribution in [0.3, 0.4) is 0 Å². The molecular formula is C13H22ClN3O. The highest BCUT2D eigenvalue weighted by atomic mass is 35.5. The first-order chi connectivity index (χ1) is 8.32. The van der Waals surface area contributed by atoms with E-state index in [-0.39, 0.29) is 11.6 Å². The predicted octanol–water partition coefficient (Wildman–Crippen LogP) is 3.39. The van der Waals surface area contributed by atoms with E-state index in [1.807, 2.05) is 26.8 Å². The minimum atomic E-state index is -0.134. The molecule has 0 atom stereocenters. The van der Waals surface area contributed by atoms with Gasteiger partial charge in [-0.05, 0) is 41.0 Å². The van der Waals surface area contributed by atoms with Gasteiger partial charge in [-0.1, -0.05) is 0 Å². The van der Waals surface area contributed by atoms with Crippen LogP contribution in [0.2, 0.25) is 0 Å². The van der Waals surface area contributed by atoms with Crippen LogP contribution in [-0.4, -0.2) is 27.5 Å². The second-order valence-corrected chi connectivity index (χ2v) is 5.66. The maximum atomic E-state index is 5.78. The Morgan fingerprint density at radius 3 is 2.61 bits per heavy atom. The molecule has 0 bridgehead atoms. The molecule has 102 valence electrons. The molecule has 1 N–H and O–H groups in total. The highest BCUT2D eigenvalue weighted by Gasteiger charge is 2.18. The SMILES string of the molecule is Cc1cc(OC(C)C)nc(NC(C)(C)CCCl)n1. The summed E-state index contributed by atoms with van der Waals surface area (Å²) in [6.07, 6.45) is 0.940. The molecule has 0 unspecified atom stereocenters. The molecule has 0 amide bonds. The summed E-state index contributed by atoms with van der Waals surface area (Å²) in [5.74, 6) is 1.78. The molecule has 1 heterocycles. The van der Waals surface area contributed by atoms with Crippen molar-refractivity contribution in [2.24, 2.45) is 0 Å². The third-order valence-electron chi connectivity index (χ3n) is 2.36. The summed E-state index contributed by atoms with van der Waals surface area (Å²) in [6.45, 7) is 10.0. The lowest BCUT2D eigenvalue weighted by atomic mass is 10.0. The Morgan fingerprint density at radius 2 is 2.06 bits per heavy atom. The highest BCUT2D eigenvalue weighted by molar-refractivity contribution is 6.17. The van der Waals surface area contributed by atoms with E-state index in [4.69, 9.17) is 16.3 Å². The molecule has 4 nitrogen and oxygen atoms in total. The number of nitrogens with one attached hydrogen (secondary N) is 1. The molecule has 0 aromatic carbocycles. The van der Waals surface area contributed by atoms with E-state index in [1.54, 1.807) is 0 Å². The molecule has 1 aromatic rings. The van der Waals surface area contributed by atoms with Crippen molar-refractivity contribution in [2.45, 2.75) is 52.7 Å². The Morgan fingerprint density at radius 1 is 1.39 bits per heavy atom. The first kappa shape index (κ1) is 15.0. The summed E-state index contributed by atoms with van der Waals surface area (Å²) in [5, 5.41) is 3.29. The fourth-order valence-electron chi connectivity index (χ4n) is 1.50. The minimum Gasteiger partial charge on any atom is -0.475 e. The normalized spacial score (nSPS) is 11.7. The summed E-state index contributed by atoms with van der Waals surface area (Å²) < 4.78 is 5.59. The van der Waals surface area contributed by atoms with Crippen molar-refractivity contribution in [1.82, 2.24) is 9.97 Å². The molecule has 1 aromatic heterocycles. The monoisotopic (exact) mass is 271 g/mol. The van der Waals surface area contributed by atoms with Gasteiger partial charge in [-0.25, -0.2) is 4.98 Å². The maximum Gasteiger partial charge on any atom is 0.226 e. The van der Waals surface area contributed by atoms with Gasteiger partial charge in [0.15, 0.2) is 0 Å². The number of nitrogens with zero attached hydrogens (tertiary/aromatic N) is 2. The van der Waals surface area contributed by atoms with Crippen LogP contribution in [0.4, 0.5) is 5.95 Å². The first-order valence-corrected chi connectivity index (χ1v) is 6.72. The van der Waals surface area contributed by atoms with Crippen LogP contribution < -0.4 is 10.1 Å². The van der Waals surface area contributed by atoms with Gasteiger partial charge in [0.05, 0.1) is 6.10 Å². The highest BCUT2D eigenvalue weighted by Crippen LogP contribution is 2.19. The number of aryl methyl sites for hydroxylation is 1. The number of halogens is 1.